The van der Waals surface area contributed by atoms with E-state index in [2.05, 4.69) is 38.5 Å². The Balaban J connectivity index is 1.43. The van der Waals surface area contributed by atoms with Gasteiger partial charge in [0.2, 0.25) is 11.9 Å². The molecule has 31 heavy (non-hydrogen) atoms. The normalized spacial score (nSPS) is 17.0. The average Bonchev–Trinajstić information content (AvgIpc) is 3.08. The lowest BCUT2D eigenvalue weighted by atomic mass is 9.95. The summed E-state index contributed by atoms with van der Waals surface area (Å²) in [6.45, 7) is 3.31. The number of nitrogens with zero attached hydrogens (tertiary/aromatic N) is 5. The van der Waals surface area contributed by atoms with Gasteiger partial charge in [-0.05, 0) is 37.3 Å². The summed E-state index contributed by atoms with van der Waals surface area (Å²) < 4.78 is 2.80. The lowest BCUT2D eigenvalue weighted by molar-refractivity contribution is -0.122. The number of benzene rings is 1. The van der Waals surface area contributed by atoms with Crippen LogP contribution in [0.25, 0.3) is 5.65 Å². The van der Waals surface area contributed by atoms with Crippen LogP contribution in [0.5, 0.6) is 0 Å². The number of nitrogens with one attached hydrogen (secondary N) is 1. The van der Waals surface area contributed by atoms with E-state index in [1.807, 2.05) is 13.0 Å². The fourth-order valence-electron chi connectivity index (χ4n) is 4.77. The summed E-state index contributed by atoms with van der Waals surface area (Å²) in [6.07, 6.45) is 6.44. The van der Waals surface area contributed by atoms with E-state index in [-0.39, 0.29) is 24.2 Å². The number of amides is 1. The average molecular weight is 421 g/mol. The number of aryl methyl sites for hydroxylation is 1. The number of carbonyl (C=O) groups excluding carboxylic acids is 1. The molecule has 0 unspecified atom stereocenters. The molecule has 8 heteroatoms. The van der Waals surface area contributed by atoms with Crippen molar-refractivity contribution in [2.24, 2.45) is 0 Å². The first kappa shape index (κ1) is 19.8. The van der Waals surface area contributed by atoms with Gasteiger partial charge in [-0.3, -0.25) is 4.79 Å². The molecule has 1 amide bonds. The highest BCUT2D eigenvalue weighted by atomic mass is 16.2. The zero-order valence-corrected chi connectivity index (χ0v) is 17.9. The minimum absolute atomic E-state index is 0.0711. The zero-order chi connectivity index (χ0) is 21.4. The van der Waals surface area contributed by atoms with E-state index in [9.17, 15) is 9.59 Å². The molecule has 0 radical (unpaired) electrons. The van der Waals surface area contributed by atoms with Crippen LogP contribution in [0.4, 0.5) is 5.95 Å². The zero-order valence-electron chi connectivity index (χ0n) is 17.9. The molecule has 2 aromatic heterocycles. The van der Waals surface area contributed by atoms with Crippen molar-refractivity contribution in [2.75, 3.05) is 11.4 Å². The molecular formula is C23H28N6O2. The van der Waals surface area contributed by atoms with Gasteiger partial charge in [-0.2, -0.15) is 0 Å². The summed E-state index contributed by atoms with van der Waals surface area (Å²) in [6, 6.07) is 10.4. The maximum absolute atomic E-state index is 13.2. The van der Waals surface area contributed by atoms with Gasteiger partial charge in [-0.1, -0.05) is 43.5 Å². The van der Waals surface area contributed by atoms with Crippen LogP contribution in [0.1, 0.15) is 48.9 Å². The van der Waals surface area contributed by atoms with Crippen LogP contribution in [0, 0.1) is 6.92 Å². The van der Waals surface area contributed by atoms with Crippen molar-refractivity contribution in [1.29, 1.82) is 0 Å². The molecular weight excluding hydrogens is 392 g/mol. The Hall–Kier alpha value is -3.16. The molecule has 2 aliphatic rings. The molecule has 1 fully saturated rings. The molecule has 8 nitrogen and oxygen atoms in total. The lowest BCUT2D eigenvalue weighted by Gasteiger charge is -2.29. The van der Waals surface area contributed by atoms with E-state index in [4.69, 9.17) is 0 Å². The Morgan fingerprint density at radius 3 is 2.74 bits per heavy atom. The highest BCUT2D eigenvalue weighted by molar-refractivity contribution is 5.76. The third-order valence-electron chi connectivity index (χ3n) is 6.36. The third-order valence-corrected chi connectivity index (χ3v) is 6.36. The van der Waals surface area contributed by atoms with Crippen LogP contribution >= 0.6 is 0 Å². The maximum Gasteiger partial charge on any atom is 0.353 e. The monoisotopic (exact) mass is 420 g/mol. The van der Waals surface area contributed by atoms with Gasteiger partial charge >= 0.3 is 5.69 Å². The van der Waals surface area contributed by atoms with Crippen LogP contribution < -0.4 is 15.9 Å². The van der Waals surface area contributed by atoms with Crippen molar-refractivity contribution in [3.63, 3.8) is 0 Å². The van der Waals surface area contributed by atoms with Crippen molar-refractivity contribution in [1.82, 2.24) is 24.5 Å². The largest absolute Gasteiger partial charge is 0.353 e. The van der Waals surface area contributed by atoms with Crippen molar-refractivity contribution >= 4 is 17.5 Å². The minimum atomic E-state index is -0.324. The fraction of sp³-hybridized carbons (Fsp3) is 0.478. The smallest absolute Gasteiger partial charge is 0.352 e. The summed E-state index contributed by atoms with van der Waals surface area (Å²) in [5.41, 5.74) is 3.58. The van der Waals surface area contributed by atoms with Gasteiger partial charge in [0.15, 0.2) is 5.65 Å². The molecule has 162 valence electrons. The van der Waals surface area contributed by atoms with E-state index < -0.39 is 0 Å². The quantitative estimate of drug-likeness (QED) is 0.700. The Morgan fingerprint density at radius 2 is 1.94 bits per heavy atom. The Morgan fingerprint density at radius 1 is 1.16 bits per heavy atom. The standard InChI is InChI=1S/C23H28N6O2/c1-16-13-20-26-28(15-21(30)25-19-9-3-2-4-10-19)23(31)29(20)22(24-16)27-12-11-17-7-5-6-8-18(17)14-27/h5-8,13,19H,2-4,9-12,14-15H2,1H3,(H,25,30). The SMILES string of the molecule is Cc1cc2nn(CC(=O)NC3CCCCC3)c(=O)n2c(N2CCc3ccccc3C2)n1. The molecule has 3 heterocycles. The molecule has 3 aromatic rings. The molecule has 1 saturated carbocycles. The Labute approximate surface area is 180 Å². The molecule has 1 aromatic carbocycles. The van der Waals surface area contributed by atoms with Gasteiger partial charge in [-0.15, -0.1) is 5.10 Å². The molecule has 1 aliphatic carbocycles. The molecule has 1 N–H and O–H groups in total. The number of anilines is 1. The van der Waals surface area contributed by atoms with Gasteiger partial charge in [0, 0.05) is 30.9 Å². The van der Waals surface area contributed by atoms with E-state index in [0.29, 0.717) is 18.1 Å². The first-order valence-electron chi connectivity index (χ1n) is 11.2. The fourth-order valence-corrected chi connectivity index (χ4v) is 4.77. The van der Waals surface area contributed by atoms with Crippen molar-refractivity contribution < 1.29 is 4.79 Å². The predicted octanol–water partition coefficient (Wildman–Crippen LogP) is 2.21. The predicted molar refractivity (Wildman–Crippen MR) is 118 cm³/mol. The van der Waals surface area contributed by atoms with Gasteiger partial charge in [-0.25, -0.2) is 18.9 Å². The summed E-state index contributed by atoms with van der Waals surface area (Å²) in [4.78, 5) is 32.6. The second kappa shape index (κ2) is 8.17. The summed E-state index contributed by atoms with van der Waals surface area (Å²) >= 11 is 0. The summed E-state index contributed by atoms with van der Waals surface area (Å²) in [5, 5.41) is 7.51. The number of hydrogen-bond donors (Lipinski definition) is 1. The van der Waals surface area contributed by atoms with Gasteiger partial charge in [0.1, 0.15) is 6.54 Å². The summed E-state index contributed by atoms with van der Waals surface area (Å²) in [7, 11) is 0. The molecule has 1 aliphatic heterocycles. The van der Waals surface area contributed by atoms with Crippen molar-refractivity contribution in [3.05, 3.63) is 57.6 Å². The number of aromatic nitrogens is 4. The van der Waals surface area contributed by atoms with Gasteiger partial charge in [0.25, 0.3) is 0 Å². The Kier molecular flexibility index (Phi) is 5.21. The topological polar surface area (TPSA) is 84.5 Å². The highest BCUT2D eigenvalue weighted by Gasteiger charge is 2.23. The van der Waals surface area contributed by atoms with Crippen LogP contribution in [0.2, 0.25) is 0 Å². The maximum atomic E-state index is 13.2. The number of fused-ring (bicyclic) bond motifs is 2. The molecule has 0 bridgehead atoms. The second-order valence-corrected chi connectivity index (χ2v) is 8.67. The van der Waals surface area contributed by atoms with Crippen LogP contribution in [-0.4, -0.2) is 37.7 Å². The second-order valence-electron chi connectivity index (χ2n) is 8.67. The molecule has 0 spiro atoms. The Bertz CT molecular complexity index is 1170. The molecule has 0 saturated heterocycles. The van der Waals surface area contributed by atoms with Gasteiger partial charge < -0.3 is 10.2 Å². The molecule has 5 rings (SSSR count). The molecule has 0 atom stereocenters. The lowest BCUT2D eigenvalue weighted by Crippen LogP contribution is -2.40. The van der Waals surface area contributed by atoms with Crippen molar-refractivity contribution in [2.45, 2.75) is 64.6 Å². The van der Waals surface area contributed by atoms with Crippen molar-refractivity contribution in [3.8, 4) is 0 Å². The van der Waals surface area contributed by atoms with Crippen LogP contribution in [0.3, 0.4) is 0 Å². The van der Waals surface area contributed by atoms with Crippen LogP contribution in [-0.2, 0) is 24.3 Å². The number of hydrogen-bond acceptors (Lipinski definition) is 5. The minimum Gasteiger partial charge on any atom is -0.352 e. The van der Waals surface area contributed by atoms with Gasteiger partial charge in [0.05, 0.1) is 0 Å². The van der Waals surface area contributed by atoms with Crippen LogP contribution in [0.15, 0.2) is 35.1 Å². The van der Waals surface area contributed by atoms with E-state index in [1.165, 1.54) is 26.6 Å². The number of carbonyl (C=O) groups is 1. The third kappa shape index (κ3) is 3.94. The van der Waals surface area contributed by atoms with E-state index in [1.54, 1.807) is 6.07 Å². The van der Waals surface area contributed by atoms with E-state index >= 15 is 0 Å². The number of rotatable bonds is 4. The van der Waals surface area contributed by atoms with E-state index in [0.717, 1.165) is 44.3 Å². The first-order chi connectivity index (χ1) is 15.1. The summed E-state index contributed by atoms with van der Waals surface area (Å²) in [5.74, 6) is 0.434. The first-order valence-corrected chi connectivity index (χ1v) is 11.2. The highest BCUT2D eigenvalue weighted by Crippen LogP contribution is 2.23.